The van der Waals surface area contributed by atoms with Gasteiger partial charge in [0.2, 0.25) is 6.29 Å². The molecular formula is C19H36O4. The summed E-state index contributed by atoms with van der Waals surface area (Å²) in [5.74, 6) is -1.09. The average molecular weight is 328 g/mol. The molecule has 0 fully saturated rings. The molecule has 0 aliphatic rings. The highest BCUT2D eigenvalue weighted by atomic mass is 16.7. The number of carbonyl (C=O) groups is 2. The molecule has 0 heterocycles. The van der Waals surface area contributed by atoms with E-state index in [4.69, 9.17) is 9.47 Å². The maximum absolute atomic E-state index is 11.8. The molecule has 4 nitrogen and oxygen atoms in total. The van der Waals surface area contributed by atoms with Crippen molar-refractivity contribution in [2.45, 2.75) is 93.3 Å². The lowest BCUT2D eigenvalue weighted by atomic mass is 9.76. The van der Waals surface area contributed by atoms with Crippen molar-refractivity contribution < 1.29 is 19.1 Å². The summed E-state index contributed by atoms with van der Waals surface area (Å²) in [5, 5.41) is 0. The van der Waals surface area contributed by atoms with E-state index in [-0.39, 0.29) is 23.8 Å². The second-order valence-electron chi connectivity index (χ2n) is 7.07. The van der Waals surface area contributed by atoms with Gasteiger partial charge >= 0.3 is 11.9 Å². The Morgan fingerprint density at radius 3 is 1.52 bits per heavy atom. The molecule has 0 aliphatic heterocycles. The number of esters is 2. The van der Waals surface area contributed by atoms with Gasteiger partial charge in [-0.25, -0.2) is 0 Å². The maximum atomic E-state index is 11.8. The van der Waals surface area contributed by atoms with Crippen LogP contribution in [0.1, 0.15) is 87.0 Å². The lowest BCUT2D eigenvalue weighted by Gasteiger charge is -2.31. The van der Waals surface area contributed by atoms with Crippen LogP contribution in [-0.4, -0.2) is 18.2 Å². The van der Waals surface area contributed by atoms with Crippen molar-refractivity contribution in [1.29, 1.82) is 0 Å². The van der Waals surface area contributed by atoms with Crippen molar-refractivity contribution in [1.82, 2.24) is 0 Å². The zero-order chi connectivity index (χ0) is 18.0. The van der Waals surface area contributed by atoms with E-state index >= 15 is 0 Å². The molecule has 0 saturated heterocycles. The first-order chi connectivity index (χ1) is 10.7. The molecule has 0 rings (SSSR count). The topological polar surface area (TPSA) is 52.6 Å². The minimum atomic E-state index is -0.761. The number of ether oxygens (including phenoxy) is 2. The van der Waals surface area contributed by atoms with E-state index in [1.807, 2.05) is 0 Å². The van der Waals surface area contributed by atoms with E-state index < -0.39 is 6.29 Å². The molecule has 0 saturated carbocycles. The van der Waals surface area contributed by atoms with Gasteiger partial charge in [-0.15, -0.1) is 0 Å². The van der Waals surface area contributed by atoms with Gasteiger partial charge in [0, 0.05) is 6.42 Å². The first kappa shape index (κ1) is 21.9. The van der Waals surface area contributed by atoms with Gasteiger partial charge in [-0.2, -0.15) is 0 Å². The molecule has 0 atom stereocenters. The molecule has 0 spiro atoms. The van der Waals surface area contributed by atoms with Gasteiger partial charge in [0.15, 0.2) is 0 Å². The van der Waals surface area contributed by atoms with Gasteiger partial charge < -0.3 is 9.47 Å². The molecule has 0 aromatic rings. The first-order valence-corrected chi connectivity index (χ1v) is 9.12. The molecule has 0 radical (unpaired) electrons. The highest BCUT2D eigenvalue weighted by Gasteiger charge is 2.26. The second-order valence-corrected chi connectivity index (χ2v) is 7.07. The summed E-state index contributed by atoms with van der Waals surface area (Å²) in [4.78, 5) is 23.6. The highest BCUT2D eigenvalue weighted by Crippen LogP contribution is 2.36. The third kappa shape index (κ3) is 7.85. The number of rotatable bonds is 11. The minimum Gasteiger partial charge on any atom is -0.425 e. The summed E-state index contributed by atoms with van der Waals surface area (Å²) >= 11 is 0. The Bertz CT molecular complexity index is 326. The first-order valence-electron chi connectivity index (χ1n) is 9.12. The predicted octanol–water partition coefficient (Wildman–Crippen LogP) is 5.10. The molecule has 4 heteroatoms. The third-order valence-electron chi connectivity index (χ3n) is 4.83. The zero-order valence-corrected chi connectivity index (χ0v) is 16.1. The molecule has 0 N–H and O–H groups in total. The standard InChI is InChI=1S/C19H36O4/c1-8-19(9-2,10-3)13-11-12-16(22-17(20)14(4)5)23-18(21)15(6)7/h14-16H,8-13H2,1-7H3. The molecule has 0 unspecified atom stereocenters. The van der Waals surface area contributed by atoms with Crippen LogP contribution in [0.3, 0.4) is 0 Å². The van der Waals surface area contributed by atoms with Crippen LogP contribution < -0.4 is 0 Å². The van der Waals surface area contributed by atoms with Crippen LogP contribution >= 0.6 is 0 Å². The van der Waals surface area contributed by atoms with Crippen molar-refractivity contribution in [3.8, 4) is 0 Å². The van der Waals surface area contributed by atoms with Gasteiger partial charge in [0.05, 0.1) is 11.8 Å². The number of hydrogen-bond donors (Lipinski definition) is 0. The summed E-state index contributed by atoms with van der Waals surface area (Å²) in [7, 11) is 0. The highest BCUT2D eigenvalue weighted by molar-refractivity contribution is 5.73. The number of hydrogen-bond acceptors (Lipinski definition) is 4. The number of carbonyl (C=O) groups excluding carboxylic acids is 2. The van der Waals surface area contributed by atoms with Crippen LogP contribution in [0, 0.1) is 17.3 Å². The average Bonchev–Trinajstić information content (AvgIpc) is 2.51. The zero-order valence-electron chi connectivity index (χ0n) is 16.1. The maximum Gasteiger partial charge on any atom is 0.311 e. The third-order valence-corrected chi connectivity index (χ3v) is 4.83. The monoisotopic (exact) mass is 328 g/mol. The molecule has 0 aliphatic carbocycles. The Morgan fingerprint density at radius 2 is 1.22 bits per heavy atom. The van der Waals surface area contributed by atoms with E-state index in [0.717, 1.165) is 32.1 Å². The smallest absolute Gasteiger partial charge is 0.311 e. The van der Waals surface area contributed by atoms with Crippen molar-refractivity contribution in [3.63, 3.8) is 0 Å². The summed E-state index contributed by atoms with van der Waals surface area (Å²) < 4.78 is 10.7. The Labute approximate surface area is 142 Å². The fourth-order valence-electron chi connectivity index (χ4n) is 2.60. The van der Waals surface area contributed by atoms with Crippen molar-refractivity contribution in [2.75, 3.05) is 0 Å². The Kier molecular flexibility index (Phi) is 10.2. The Morgan fingerprint density at radius 1 is 0.826 bits per heavy atom. The van der Waals surface area contributed by atoms with Gasteiger partial charge in [-0.1, -0.05) is 67.7 Å². The van der Waals surface area contributed by atoms with Crippen LogP contribution in [0.2, 0.25) is 0 Å². The second kappa shape index (κ2) is 10.7. The van der Waals surface area contributed by atoms with E-state index in [0.29, 0.717) is 11.8 Å². The fraction of sp³-hybridized carbons (Fsp3) is 0.895. The van der Waals surface area contributed by atoms with Crippen LogP contribution in [0.25, 0.3) is 0 Å². The fourth-order valence-corrected chi connectivity index (χ4v) is 2.60. The largest absolute Gasteiger partial charge is 0.425 e. The van der Waals surface area contributed by atoms with Gasteiger partial charge in [0.25, 0.3) is 0 Å². The summed E-state index contributed by atoms with van der Waals surface area (Å²) in [6.07, 6.45) is 5.18. The molecule has 0 amide bonds. The molecule has 0 aromatic heterocycles. The van der Waals surface area contributed by atoms with E-state index in [9.17, 15) is 9.59 Å². The summed E-state index contributed by atoms with van der Waals surface area (Å²) in [6, 6.07) is 0. The van der Waals surface area contributed by atoms with Crippen LogP contribution in [0.5, 0.6) is 0 Å². The van der Waals surface area contributed by atoms with Gasteiger partial charge in [-0.3, -0.25) is 9.59 Å². The van der Waals surface area contributed by atoms with E-state index in [1.54, 1.807) is 27.7 Å². The van der Waals surface area contributed by atoms with Crippen LogP contribution in [0.4, 0.5) is 0 Å². The van der Waals surface area contributed by atoms with E-state index in [1.165, 1.54) is 0 Å². The SMILES string of the molecule is CCC(CC)(CC)CCCC(OC(=O)C(C)C)OC(=O)C(C)C. The molecule has 0 aromatic carbocycles. The molecular weight excluding hydrogens is 292 g/mol. The molecule has 23 heavy (non-hydrogen) atoms. The van der Waals surface area contributed by atoms with Crippen LogP contribution in [0.15, 0.2) is 0 Å². The van der Waals surface area contributed by atoms with Crippen molar-refractivity contribution in [2.24, 2.45) is 17.3 Å². The summed E-state index contributed by atoms with van der Waals surface area (Å²) in [6.45, 7) is 13.8. The van der Waals surface area contributed by atoms with Crippen molar-refractivity contribution in [3.05, 3.63) is 0 Å². The van der Waals surface area contributed by atoms with Crippen molar-refractivity contribution >= 4 is 11.9 Å². The predicted molar refractivity (Wildman–Crippen MR) is 92.8 cm³/mol. The molecule has 0 bridgehead atoms. The van der Waals surface area contributed by atoms with E-state index in [2.05, 4.69) is 20.8 Å². The quantitative estimate of drug-likeness (QED) is 0.391. The Hall–Kier alpha value is -1.06. The normalized spacial score (nSPS) is 12.1. The summed E-state index contributed by atoms with van der Waals surface area (Å²) in [5.41, 5.74) is 0.342. The Balaban J connectivity index is 4.68. The van der Waals surface area contributed by atoms with Gasteiger partial charge in [0.1, 0.15) is 0 Å². The molecule has 136 valence electrons. The van der Waals surface area contributed by atoms with Gasteiger partial charge in [-0.05, 0) is 18.3 Å². The minimum absolute atomic E-state index is 0.226. The lowest BCUT2D eigenvalue weighted by molar-refractivity contribution is -0.193. The lowest BCUT2D eigenvalue weighted by Crippen LogP contribution is -2.29. The van der Waals surface area contributed by atoms with Crippen LogP contribution in [-0.2, 0) is 19.1 Å².